The van der Waals surface area contributed by atoms with E-state index in [1.807, 2.05) is 0 Å². The molecule has 0 aromatic heterocycles. The van der Waals surface area contributed by atoms with Crippen LogP contribution in [-0.2, 0) is 12.4 Å². The zero-order valence-electron chi connectivity index (χ0n) is 8.16. The van der Waals surface area contributed by atoms with Crippen LogP contribution in [0.5, 0.6) is 0 Å². The highest BCUT2D eigenvalue weighted by Gasteiger charge is 2.40. The van der Waals surface area contributed by atoms with Crippen molar-refractivity contribution in [2.75, 3.05) is 0 Å². The first-order valence-corrected chi connectivity index (χ1v) is 4.95. The number of carboxylic acid groups (broad SMARTS) is 1. The second-order valence-electron chi connectivity index (χ2n) is 3.18. The van der Waals surface area contributed by atoms with Crippen molar-refractivity contribution in [3.8, 4) is 0 Å². The molecule has 9 heteroatoms. The van der Waals surface area contributed by atoms with Gasteiger partial charge >= 0.3 is 18.3 Å². The Bertz CT molecular complexity index is 491. The molecule has 0 amide bonds. The number of hydrogen-bond acceptors (Lipinski definition) is 1. The van der Waals surface area contributed by atoms with Crippen LogP contribution in [0.1, 0.15) is 21.5 Å². The fourth-order valence-corrected chi connectivity index (χ4v) is 1.77. The minimum absolute atomic E-state index is 0.0464. The van der Waals surface area contributed by atoms with Gasteiger partial charge in [0.25, 0.3) is 0 Å². The SMILES string of the molecule is O=C(O)c1cc(C(F)(F)F)c(Br)cc1C(F)(F)F. The maximum atomic E-state index is 12.5. The molecule has 0 aliphatic heterocycles. The Morgan fingerprint density at radius 3 is 1.78 bits per heavy atom. The van der Waals surface area contributed by atoms with Gasteiger partial charge in [0.2, 0.25) is 0 Å². The van der Waals surface area contributed by atoms with Crippen LogP contribution in [0.15, 0.2) is 16.6 Å². The average molecular weight is 337 g/mol. The average Bonchev–Trinajstić information content (AvgIpc) is 2.13. The lowest BCUT2D eigenvalue weighted by Crippen LogP contribution is -2.16. The zero-order valence-corrected chi connectivity index (χ0v) is 9.74. The summed E-state index contributed by atoms with van der Waals surface area (Å²) in [7, 11) is 0. The third-order valence-electron chi connectivity index (χ3n) is 1.95. The molecule has 0 saturated carbocycles. The van der Waals surface area contributed by atoms with Crippen molar-refractivity contribution in [3.63, 3.8) is 0 Å². The van der Waals surface area contributed by atoms with Crippen LogP contribution in [-0.4, -0.2) is 11.1 Å². The van der Waals surface area contributed by atoms with Gasteiger partial charge in [-0.3, -0.25) is 0 Å². The maximum absolute atomic E-state index is 12.5. The first kappa shape index (κ1) is 14.8. The molecule has 0 aliphatic carbocycles. The van der Waals surface area contributed by atoms with Crippen LogP contribution in [0.2, 0.25) is 0 Å². The molecular formula is C9H3BrF6O2. The number of benzene rings is 1. The Balaban J connectivity index is 3.60. The van der Waals surface area contributed by atoms with E-state index in [0.29, 0.717) is 0 Å². The number of hydrogen-bond donors (Lipinski definition) is 1. The third-order valence-corrected chi connectivity index (χ3v) is 2.60. The summed E-state index contributed by atoms with van der Waals surface area (Å²) in [6.45, 7) is 0. The summed E-state index contributed by atoms with van der Waals surface area (Å²) >= 11 is 2.35. The van der Waals surface area contributed by atoms with Gasteiger partial charge in [0.05, 0.1) is 16.7 Å². The predicted octanol–water partition coefficient (Wildman–Crippen LogP) is 4.18. The summed E-state index contributed by atoms with van der Waals surface area (Å²) in [5.74, 6) is -2.08. The third kappa shape index (κ3) is 2.95. The van der Waals surface area contributed by atoms with Gasteiger partial charge in [0.15, 0.2) is 0 Å². The van der Waals surface area contributed by atoms with Gasteiger partial charge in [-0.05, 0) is 12.1 Å². The topological polar surface area (TPSA) is 37.3 Å². The summed E-state index contributed by atoms with van der Waals surface area (Å²) in [6.07, 6.45) is -10.0. The standard InChI is InChI=1S/C9H3BrF6O2/c10-6-2-4(8(11,12)13)3(7(17)18)1-5(6)9(14,15)16/h1-2H,(H,17,18). The molecule has 1 aromatic carbocycles. The van der Waals surface area contributed by atoms with Gasteiger partial charge in [-0.1, -0.05) is 15.9 Å². The molecule has 0 radical (unpaired) electrons. The van der Waals surface area contributed by atoms with Gasteiger partial charge in [0, 0.05) is 4.47 Å². The molecule has 0 spiro atoms. The molecule has 2 nitrogen and oxygen atoms in total. The number of aromatic carboxylic acids is 1. The highest BCUT2D eigenvalue weighted by Crippen LogP contribution is 2.40. The van der Waals surface area contributed by atoms with E-state index in [1.165, 1.54) is 0 Å². The van der Waals surface area contributed by atoms with Crippen LogP contribution in [0, 0.1) is 0 Å². The molecule has 1 rings (SSSR count). The zero-order chi connectivity index (χ0) is 14.3. The van der Waals surface area contributed by atoms with Gasteiger partial charge in [-0.25, -0.2) is 4.79 Å². The van der Waals surface area contributed by atoms with Gasteiger partial charge < -0.3 is 5.11 Å². The molecule has 100 valence electrons. The van der Waals surface area contributed by atoms with Gasteiger partial charge in [-0.15, -0.1) is 0 Å². The Morgan fingerprint density at radius 2 is 1.44 bits per heavy atom. The smallest absolute Gasteiger partial charge is 0.417 e. The summed E-state index contributed by atoms with van der Waals surface area (Å²) in [5.41, 5.74) is -4.57. The molecule has 0 saturated heterocycles. The van der Waals surface area contributed by atoms with Crippen molar-refractivity contribution in [2.24, 2.45) is 0 Å². The van der Waals surface area contributed by atoms with Crippen LogP contribution in [0.25, 0.3) is 0 Å². The monoisotopic (exact) mass is 336 g/mol. The van der Waals surface area contributed by atoms with E-state index in [0.717, 1.165) is 0 Å². The molecule has 0 unspecified atom stereocenters. The number of alkyl halides is 6. The fraction of sp³-hybridized carbons (Fsp3) is 0.222. The van der Waals surface area contributed by atoms with E-state index in [-0.39, 0.29) is 12.1 Å². The van der Waals surface area contributed by atoms with E-state index in [4.69, 9.17) is 5.11 Å². The molecular weight excluding hydrogens is 334 g/mol. The molecule has 0 atom stereocenters. The minimum atomic E-state index is -5.06. The molecule has 0 aliphatic rings. The van der Waals surface area contributed by atoms with E-state index in [9.17, 15) is 31.1 Å². The normalized spacial score (nSPS) is 12.6. The van der Waals surface area contributed by atoms with Gasteiger partial charge in [-0.2, -0.15) is 26.3 Å². The summed E-state index contributed by atoms with van der Waals surface area (Å²) in [4.78, 5) is 10.6. The molecule has 18 heavy (non-hydrogen) atoms. The Labute approximate surface area is 104 Å². The minimum Gasteiger partial charge on any atom is -0.478 e. The van der Waals surface area contributed by atoms with E-state index >= 15 is 0 Å². The Morgan fingerprint density at radius 1 is 1.00 bits per heavy atom. The van der Waals surface area contributed by atoms with Gasteiger partial charge in [0.1, 0.15) is 0 Å². The van der Waals surface area contributed by atoms with Crippen molar-refractivity contribution >= 4 is 21.9 Å². The molecule has 0 fully saturated rings. The fourth-order valence-electron chi connectivity index (χ4n) is 1.20. The Hall–Kier alpha value is -1.25. The lowest BCUT2D eigenvalue weighted by molar-refractivity contribution is -0.142. The first-order chi connectivity index (χ1) is 7.94. The summed E-state index contributed by atoms with van der Waals surface area (Å²) in [6, 6.07) is 0.0571. The molecule has 0 heterocycles. The maximum Gasteiger partial charge on any atom is 0.417 e. The van der Waals surface area contributed by atoms with Crippen molar-refractivity contribution < 1.29 is 36.2 Å². The number of rotatable bonds is 1. The van der Waals surface area contributed by atoms with E-state index in [2.05, 4.69) is 15.9 Å². The van der Waals surface area contributed by atoms with Crippen molar-refractivity contribution in [2.45, 2.75) is 12.4 Å². The highest BCUT2D eigenvalue weighted by atomic mass is 79.9. The lowest BCUT2D eigenvalue weighted by atomic mass is 10.0. The van der Waals surface area contributed by atoms with Crippen LogP contribution >= 0.6 is 15.9 Å². The van der Waals surface area contributed by atoms with E-state index < -0.39 is 39.5 Å². The molecule has 1 N–H and O–H groups in total. The summed E-state index contributed by atoms with van der Waals surface area (Å²) in [5, 5.41) is 8.53. The van der Waals surface area contributed by atoms with Crippen molar-refractivity contribution in [3.05, 3.63) is 33.3 Å². The second-order valence-corrected chi connectivity index (χ2v) is 4.03. The molecule has 1 aromatic rings. The highest BCUT2D eigenvalue weighted by molar-refractivity contribution is 9.10. The van der Waals surface area contributed by atoms with E-state index in [1.54, 1.807) is 0 Å². The molecule has 0 bridgehead atoms. The summed E-state index contributed by atoms with van der Waals surface area (Å²) < 4.78 is 73.7. The number of carbonyl (C=O) groups is 1. The van der Waals surface area contributed by atoms with Crippen molar-refractivity contribution in [1.29, 1.82) is 0 Å². The van der Waals surface area contributed by atoms with Crippen LogP contribution < -0.4 is 0 Å². The largest absolute Gasteiger partial charge is 0.478 e. The number of carboxylic acids is 1. The lowest BCUT2D eigenvalue weighted by Gasteiger charge is -2.15. The number of halogens is 7. The first-order valence-electron chi connectivity index (χ1n) is 4.16. The van der Waals surface area contributed by atoms with Crippen LogP contribution in [0.4, 0.5) is 26.3 Å². The quantitative estimate of drug-likeness (QED) is 0.781. The van der Waals surface area contributed by atoms with Crippen LogP contribution in [0.3, 0.4) is 0 Å². The Kier molecular flexibility index (Phi) is 3.66. The second kappa shape index (κ2) is 4.45. The predicted molar refractivity (Wildman–Crippen MR) is 51.1 cm³/mol. The van der Waals surface area contributed by atoms with Crippen molar-refractivity contribution in [1.82, 2.24) is 0 Å².